The van der Waals surface area contributed by atoms with E-state index in [-0.39, 0.29) is 44.6 Å². The van der Waals surface area contributed by atoms with Gasteiger partial charge in [-0.2, -0.15) is 0 Å². The van der Waals surface area contributed by atoms with E-state index in [1.807, 2.05) is 60.7 Å². The molecule has 0 spiro atoms. The molecule has 5 aromatic carbocycles. The van der Waals surface area contributed by atoms with E-state index in [0.29, 0.717) is 29.2 Å². The van der Waals surface area contributed by atoms with Crippen molar-refractivity contribution < 1.29 is 43.3 Å². The third kappa shape index (κ3) is 15.6. The number of aromatic amines is 1. The molecule has 3 atom stereocenters. The average Bonchev–Trinajstić information content (AvgIpc) is 3.74. The Hall–Kier alpha value is -8.34. The smallest absolute Gasteiger partial charge is 0.416 e. The molecule has 0 aliphatic rings. The Kier molecular flexibility index (Phi) is 17.4. The zero-order chi connectivity index (χ0) is 49.3. The van der Waals surface area contributed by atoms with Gasteiger partial charge in [-0.05, 0) is 98.3 Å². The Morgan fingerprint density at radius 2 is 1.29 bits per heavy atom. The largest absolute Gasteiger partial charge is 0.508 e. The van der Waals surface area contributed by atoms with E-state index in [2.05, 4.69) is 26.3 Å². The predicted molar refractivity (Wildman–Crippen MR) is 261 cm³/mol. The fourth-order valence-corrected chi connectivity index (χ4v) is 7.24. The summed E-state index contributed by atoms with van der Waals surface area (Å²) >= 11 is 0. The number of benzene rings is 5. The van der Waals surface area contributed by atoms with E-state index in [1.165, 1.54) is 24.3 Å². The van der Waals surface area contributed by atoms with Gasteiger partial charge in [0.1, 0.15) is 48.4 Å². The number of hydrogen-bond acceptors (Lipinski definition) is 10. The van der Waals surface area contributed by atoms with E-state index >= 15 is 0 Å². The van der Waals surface area contributed by atoms with Gasteiger partial charge in [-0.3, -0.25) is 19.8 Å². The Labute approximate surface area is 400 Å². The van der Waals surface area contributed by atoms with Crippen molar-refractivity contribution in [1.82, 2.24) is 25.8 Å². The lowest BCUT2D eigenvalue weighted by atomic mass is 10.0. The lowest BCUT2D eigenvalue weighted by Crippen LogP contribution is -2.57. The molecule has 0 unspecified atom stereocenters. The summed E-state index contributed by atoms with van der Waals surface area (Å²) in [6.07, 6.45) is -0.124. The normalized spacial score (nSPS) is 12.4. The molecule has 0 aliphatic heterocycles. The van der Waals surface area contributed by atoms with Crippen LogP contribution < -0.4 is 31.7 Å². The van der Waals surface area contributed by atoms with Crippen LogP contribution in [0.5, 0.6) is 11.5 Å². The maximum atomic E-state index is 14.6. The van der Waals surface area contributed by atoms with Crippen molar-refractivity contribution >= 4 is 52.5 Å². The van der Waals surface area contributed by atoms with Crippen LogP contribution in [0.25, 0.3) is 10.9 Å². The van der Waals surface area contributed by atoms with Crippen LogP contribution in [-0.2, 0) is 49.9 Å². The van der Waals surface area contributed by atoms with Crippen molar-refractivity contribution in [3.8, 4) is 11.5 Å². The number of aromatic hydroxyl groups is 1. The van der Waals surface area contributed by atoms with E-state index in [0.717, 1.165) is 26.9 Å². The third-order valence-corrected chi connectivity index (χ3v) is 10.7. The molecule has 1 heterocycles. The molecule has 17 heteroatoms. The minimum atomic E-state index is -1.37. The molecule has 1 aromatic heterocycles. The maximum absolute atomic E-state index is 14.6. The van der Waals surface area contributed by atoms with Crippen molar-refractivity contribution in [2.24, 2.45) is 5.73 Å². The molecule has 5 amide bonds. The van der Waals surface area contributed by atoms with Crippen molar-refractivity contribution in [3.05, 3.63) is 162 Å². The molecule has 0 bridgehead atoms. The lowest BCUT2D eigenvalue weighted by molar-refractivity contribution is -0.131. The number of para-hydroxylation sites is 1. The number of H-pyrrole nitrogens is 1. The van der Waals surface area contributed by atoms with Crippen molar-refractivity contribution in [1.29, 1.82) is 5.41 Å². The highest BCUT2D eigenvalue weighted by atomic mass is 16.6. The van der Waals surface area contributed by atoms with Gasteiger partial charge in [0.05, 0.1) is 0 Å². The Morgan fingerprint density at radius 3 is 1.94 bits per heavy atom. The monoisotopic (exact) mass is 938 g/mol. The molecule has 0 fully saturated rings. The van der Waals surface area contributed by atoms with E-state index in [9.17, 15) is 29.1 Å². The first-order valence-corrected chi connectivity index (χ1v) is 22.4. The van der Waals surface area contributed by atoms with Gasteiger partial charge in [-0.25, -0.2) is 14.5 Å². The molecule has 0 aliphatic carbocycles. The molecule has 6 rings (SSSR count). The van der Waals surface area contributed by atoms with Gasteiger partial charge in [-0.1, -0.05) is 91.0 Å². The summed E-state index contributed by atoms with van der Waals surface area (Å²) in [4.78, 5) is 73.7. The number of phenols is 1. The van der Waals surface area contributed by atoms with Gasteiger partial charge in [0.15, 0.2) is 5.96 Å². The molecule has 6 aromatic rings. The highest BCUT2D eigenvalue weighted by Crippen LogP contribution is 2.22. The molecule has 360 valence electrons. The van der Waals surface area contributed by atoms with Crippen LogP contribution in [0.1, 0.15) is 55.9 Å². The highest BCUT2D eigenvalue weighted by Gasteiger charge is 2.32. The second-order valence-corrected chi connectivity index (χ2v) is 17.3. The number of guanidine groups is 1. The summed E-state index contributed by atoms with van der Waals surface area (Å²) in [6.45, 7) is 5.13. The number of aromatic nitrogens is 1. The number of amides is 5. The standard InChI is InChI=1S/C52H58N8O9/c1-52(2,3)69-50(65)59-44(29-34-20-26-40(27-21-34)67-32-35-13-6-4-7-14-35)48(64)57-43(19-12-28-60(49(53)54)51(66)68-33-36-15-8-5-9-16-36)46(62)58-45(47(63)56-38-22-24-39(61)25-23-38)30-37-31-55-42-18-11-10-17-41(37)42/h4-11,13-18,20-27,31,43-45,55,61H,12,19,28-30,32-33H2,1-3H3,(H3,53,54)(H,56,63)(H,57,64)(H,58,62)(H,59,65)/t43-,44-,45-/m0/s1. The maximum Gasteiger partial charge on any atom is 0.416 e. The van der Waals surface area contributed by atoms with E-state index in [1.54, 1.807) is 75.5 Å². The second-order valence-electron chi connectivity index (χ2n) is 17.3. The van der Waals surface area contributed by atoms with Crippen LogP contribution in [0.15, 0.2) is 140 Å². The number of rotatable bonds is 20. The summed E-state index contributed by atoms with van der Waals surface area (Å²) in [7, 11) is 0. The second kappa shape index (κ2) is 23.9. The quantitative estimate of drug-likeness (QED) is 0.0220. The summed E-state index contributed by atoms with van der Waals surface area (Å²) < 4.78 is 16.9. The van der Waals surface area contributed by atoms with Crippen LogP contribution in [0, 0.1) is 5.41 Å². The average molecular weight is 939 g/mol. The summed E-state index contributed by atoms with van der Waals surface area (Å²) in [5.74, 6) is -2.12. The SMILES string of the molecule is CC(C)(C)OC(=O)N[C@@H](Cc1ccc(OCc2ccccc2)cc1)C(=O)N[C@@H](CCCN(C(=N)N)C(=O)OCc1ccccc1)C(=O)N[C@@H](Cc1c[nH]c2ccccc12)C(=O)Nc1ccc(O)cc1. The van der Waals surface area contributed by atoms with Crippen molar-refractivity contribution in [2.45, 2.75) is 83.4 Å². The number of nitrogens with zero attached hydrogens (tertiary/aromatic N) is 1. The number of phenolic OH excluding ortho intramolecular Hbond substituents is 1. The van der Waals surface area contributed by atoms with E-state index < -0.39 is 59.6 Å². The molecule has 69 heavy (non-hydrogen) atoms. The zero-order valence-electron chi connectivity index (χ0n) is 38.7. The molecule has 9 N–H and O–H groups in total. The van der Waals surface area contributed by atoms with Crippen LogP contribution in [0.3, 0.4) is 0 Å². The van der Waals surface area contributed by atoms with Crippen LogP contribution in [0.2, 0.25) is 0 Å². The van der Waals surface area contributed by atoms with Gasteiger partial charge >= 0.3 is 12.2 Å². The fraction of sp³-hybridized carbons (Fsp3) is 0.269. The van der Waals surface area contributed by atoms with Crippen LogP contribution in [-0.4, -0.2) is 81.1 Å². The minimum Gasteiger partial charge on any atom is -0.508 e. The highest BCUT2D eigenvalue weighted by molar-refractivity contribution is 5.99. The topological polar surface area (TPSA) is 250 Å². The van der Waals surface area contributed by atoms with Crippen molar-refractivity contribution in [2.75, 3.05) is 11.9 Å². The first-order chi connectivity index (χ1) is 33.1. The lowest BCUT2D eigenvalue weighted by Gasteiger charge is -2.27. The molecule has 0 radical (unpaired) electrons. The Morgan fingerprint density at radius 1 is 0.696 bits per heavy atom. The summed E-state index contributed by atoms with van der Waals surface area (Å²) in [5.41, 5.74) is 9.17. The molecular formula is C52H58N8O9. The molecule has 17 nitrogen and oxygen atoms in total. The summed E-state index contributed by atoms with van der Waals surface area (Å²) in [5, 5.41) is 29.9. The minimum absolute atomic E-state index is 0.00708. The number of alkyl carbamates (subject to hydrolysis) is 1. The number of nitrogens with two attached hydrogens (primary N) is 1. The number of ether oxygens (including phenoxy) is 3. The Bertz CT molecular complexity index is 2670. The first kappa shape index (κ1) is 50.1. The molecular weight excluding hydrogens is 881 g/mol. The van der Waals surface area contributed by atoms with Gasteiger partial charge in [-0.15, -0.1) is 0 Å². The zero-order valence-corrected chi connectivity index (χ0v) is 38.7. The third-order valence-electron chi connectivity index (χ3n) is 10.7. The number of hydrogen-bond donors (Lipinski definition) is 8. The van der Waals surface area contributed by atoms with Crippen molar-refractivity contribution in [3.63, 3.8) is 0 Å². The van der Waals surface area contributed by atoms with Gasteiger partial charge in [0.2, 0.25) is 17.7 Å². The van der Waals surface area contributed by atoms with Crippen LogP contribution in [0.4, 0.5) is 15.3 Å². The number of fused-ring (bicyclic) bond motifs is 1. The number of anilines is 1. The van der Waals surface area contributed by atoms with Gasteiger partial charge in [0.25, 0.3) is 0 Å². The predicted octanol–water partition coefficient (Wildman–Crippen LogP) is 7.05. The number of carbonyl (C=O) groups is 5. The molecule has 0 saturated carbocycles. The fourth-order valence-electron chi connectivity index (χ4n) is 7.24. The number of carbonyl (C=O) groups excluding carboxylic acids is 5. The Balaban J connectivity index is 1.25. The van der Waals surface area contributed by atoms with Gasteiger partial charge < -0.3 is 51.3 Å². The van der Waals surface area contributed by atoms with E-state index in [4.69, 9.17) is 25.4 Å². The molecule has 0 saturated heterocycles. The van der Waals surface area contributed by atoms with Gasteiger partial charge in [0, 0.05) is 42.2 Å². The van der Waals surface area contributed by atoms with Crippen LogP contribution >= 0.6 is 0 Å². The number of nitrogens with one attached hydrogen (secondary N) is 6. The first-order valence-electron chi connectivity index (χ1n) is 22.4. The summed E-state index contributed by atoms with van der Waals surface area (Å²) in [6, 6.07) is 35.1.